The second kappa shape index (κ2) is 7.06. The van der Waals surface area contributed by atoms with Crippen LogP contribution < -0.4 is 10.6 Å². The number of pyridine rings is 1. The molecular weight excluding hydrogens is 322 g/mol. The molecule has 0 radical (unpaired) electrons. The summed E-state index contributed by atoms with van der Waals surface area (Å²) in [5.41, 5.74) is 2.22. The second-order valence-corrected chi connectivity index (χ2v) is 6.07. The number of carbonyl (C=O) groups excluding carboxylic acids is 2. The van der Waals surface area contributed by atoms with E-state index in [1.807, 2.05) is 29.6 Å². The van der Waals surface area contributed by atoms with E-state index in [-0.39, 0.29) is 11.7 Å². The highest BCUT2D eigenvalue weighted by Gasteiger charge is 2.07. The Kier molecular flexibility index (Phi) is 4.67. The Hall–Kier alpha value is -2.99. The summed E-state index contributed by atoms with van der Waals surface area (Å²) in [6.45, 7) is 1.53. The first kappa shape index (κ1) is 15.9. The fourth-order valence-electron chi connectivity index (χ4n) is 2.11. The molecule has 6 heteroatoms. The van der Waals surface area contributed by atoms with Crippen molar-refractivity contribution in [3.63, 3.8) is 0 Å². The standard InChI is InChI=1S/C18H15N3O2S/c1-12(22)13-4-2-5-14(10-13)20-15-7-8-17(19-11-15)21-18(23)16-6-3-9-24-16/h2-11,20H,1H3,(H,19,21,23). The molecule has 0 unspecified atom stereocenters. The maximum absolute atomic E-state index is 12.0. The van der Waals surface area contributed by atoms with Crippen molar-refractivity contribution >= 4 is 40.2 Å². The van der Waals surface area contributed by atoms with Crippen LogP contribution >= 0.6 is 11.3 Å². The normalized spacial score (nSPS) is 10.2. The second-order valence-electron chi connectivity index (χ2n) is 5.13. The topological polar surface area (TPSA) is 71.1 Å². The predicted octanol–water partition coefficient (Wildman–Crippen LogP) is 4.34. The molecule has 0 aliphatic rings. The summed E-state index contributed by atoms with van der Waals surface area (Å²) in [5, 5.41) is 7.78. The first-order chi connectivity index (χ1) is 11.6. The van der Waals surface area contributed by atoms with E-state index in [0.717, 1.165) is 11.4 Å². The number of anilines is 3. The Morgan fingerprint density at radius 2 is 1.92 bits per heavy atom. The lowest BCUT2D eigenvalue weighted by atomic mass is 10.1. The Balaban J connectivity index is 1.67. The number of nitrogens with one attached hydrogen (secondary N) is 2. The van der Waals surface area contributed by atoms with Gasteiger partial charge in [0.15, 0.2) is 5.78 Å². The van der Waals surface area contributed by atoms with Crippen LogP contribution in [0, 0.1) is 0 Å². The minimum absolute atomic E-state index is 0.0170. The van der Waals surface area contributed by atoms with Gasteiger partial charge in [-0.25, -0.2) is 4.98 Å². The Morgan fingerprint density at radius 3 is 2.58 bits per heavy atom. The van der Waals surface area contributed by atoms with Crippen LogP contribution in [0.3, 0.4) is 0 Å². The highest BCUT2D eigenvalue weighted by molar-refractivity contribution is 7.12. The smallest absolute Gasteiger partial charge is 0.266 e. The first-order valence-corrected chi connectivity index (χ1v) is 8.19. The van der Waals surface area contributed by atoms with Crippen LogP contribution in [0.2, 0.25) is 0 Å². The number of ketones is 1. The first-order valence-electron chi connectivity index (χ1n) is 7.31. The number of rotatable bonds is 5. The molecule has 1 aromatic carbocycles. The van der Waals surface area contributed by atoms with Crippen LogP contribution in [-0.4, -0.2) is 16.7 Å². The lowest BCUT2D eigenvalue weighted by Gasteiger charge is -2.08. The van der Waals surface area contributed by atoms with E-state index in [4.69, 9.17) is 0 Å². The van der Waals surface area contributed by atoms with Gasteiger partial charge in [-0.3, -0.25) is 9.59 Å². The number of aromatic nitrogens is 1. The van der Waals surface area contributed by atoms with Gasteiger partial charge >= 0.3 is 0 Å². The van der Waals surface area contributed by atoms with Crippen LogP contribution in [0.1, 0.15) is 27.0 Å². The number of carbonyl (C=O) groups is 2. The van der Waals surface area contributed by atoms with Crippen molar-refractivity contribution in [2.45, 2.75) is 6.92 Å². The van der Waals surface area contributed by atoms with Gasteiger partial charge in [0.05, 0.1) is 16.8 Å². The van der Waals surface area contributed by atoms with Gasteiger partial charge in [-0.2, -0.15) is 0 Å². The van der Waals surface area contributed by atoms with Crippen molar-refractivity contribution in [3.8, 4) is 0 Å². The average Bonchev–Trinajstić information content (AvgIpc) is 3.11. The Morgan fingerprint density at radius 1 is 1.04 bits per heavy atom. The zero-order chi connectivity index (χ0) is 16.9. The summed E-state index contributed by atoms with van der Waals surface area (Å²) in [5.74, 6) is 0.326. The van der Waals surface area contributed by atoms with Crippen LogP contribution in [0.5, 0.6) is 0 Å². The van der Waals surface area contributed by atoms with Gasteiger partial charge in [0, 0.05) is 11.3 Å². The number of thiophene rings is 1. The van der Waals surface area contributed by atoms with Crippen molar-refractivity contribution < 1.29 is 9.59 Å². The van der Waals surface area contributed by atoms with E-state index in [1.165, 1.54) is 18.3 Å². The highest BCUT2D eigenvalue weighted by Crippen LogP contribution is 2.19. The van der Waals surface area contributed by atoms with Crippen molar-refractivity contribution in [1.82, 2.24) is 4.98 Å². The Bertz CT molecular complexity index is 858. The molecule has 3 rings (SSSR count). The fraction of sp³-hybridized carbons (Fsp3) is 0.0556. The van der Waals surface area contributed by atoms with Gasteiger partial charge in [-0.05, 0) is 42.6 Å². The number of benzene rings is 1. The summed E-state index contributed by atoms with van der Waals surface area (Å²) in [6, 6.07) is 14.4. The lowest BCUT2D eigenvalue weighted by Crippen LogP contribution is -2.11. The number of nitrogens with zero attached hydrogens (tertiary/aromatic N) is 1. The van der Waals surface area contributed by atoms with E-state index in [1.54, 1.807) is 30.5 Å². The fourth-order valence-corrected chi connectivity index (χ4v) is 2.73. The van der Waals surface area contributed by atoms with Crippen LogP contribution in [0.15, 0.2) is 60.1 Å². The molecule has 2 N–H and O–H groups in total. The molecule has 24 heavy (non-hydrogen) atoms. The van der Waals surface area contributed by atoms with E-state index in [0.29, 0.717) is 16.3 Å². The van der Waals surface area contributed by atoms with E-state index < -0.39 is 0 Å². The van der Waals surface area contributed by atoms with Crippen molar-refractivity contribution in [1.29, 1.82) is 0 Å². The van der Waals surface area contributed by atoms with E-state index in [2.05, 4.69) is 15.6 Å². The molecule has 0 aliphatic heterocycles. The van der Waals surface area contributed by atoms with E-state index >= 15 is 0 Å². The third kappa shape index (κ3) is 3.85. The maximum atomic E-state index is 12.0. The lowest BCUT2D eigenvalue weighted by molar-refractivity contribution is 0.101. The summed E-state index contributed by atoms with van der Waals surface area (Å²) < 4.78 is 0. The van der Waals surface area contributed by atoms with Gasteiger partial charge in [-0.15, -0.1) is 11.3 Å². The van der Waals surface area contributed by atoms with Crippen LogP contribution in [0.25, 0.3) is 0 Å². The SMILES string of the molecule is CC(=O)c1cccc(Nc2ccc(NC(=O)c3cccs3)nc2)c1. The minimum Gasteiger partial charge on any atom is -0.354 e. The maximum Gasteiger partial charge on any atom is 0.266 e. The molecule has 2 aromatic heterocycles. The molecule has 0 saturated carbocycles. The van der Waals surface area contributed by atoms with Gasteiger partial charge in [-0.1, -0.05) is 18.2 Å². The molecule has 0 atom stereocenters. The average molecular weight is 337 g/mol. The monoisotopic (exact) mass is 337 g/mol. The van der Waals surface area contributed by atoms with Crippen LogP contribution in [-0.2, 0) is 0 Å². The predicted molar refractivity (Wildman–Crippen MR) is 96.2 cm³/mol. The molecule has 0 spiro atoms. The zero-order valence-corrected chi connectivity index (χ0v) is 13.8. The molecule has 0 fully saturated rings. The molecule has 3 aromatic rings. The molecule has 120 valence electrons. The van der Waals surface area contributed by atoms with Crippen molar-refractivity contribution in [3.05, 3.63) is 70.5 Å². The zero-order valence-electron chi connectivity index (χ0n) is 12.9. The van der Waals surface area contributed by atoms with Crippen LogP contribution in [0.4, 0.5) is 17.2 Å². The highest BCUT2D eigenvalue weighted by atomic mass is 32.1. The number of Topliss-reactive ketones (excluding diaryl/α,β-unsaturated/α-hetero) is 1. The van der Waals surface area contributed by atoms with Gasteiger partial charge < -0.3 is 10.6 Å². The van der Waals surface area contributed by atoms with Gasteiger partial charge in [0.25, 0.3) is 5.91 Å². The summed E-state index contributed by atoms with van der Waals surface area (Å²) >= 11 is 1.38. The summed E-state index contributed by atoms with van der Waals surface area (Å²) in [7, 11) is 0. The number of amides is 1. The van der Waals surface area contributed by atoms with Crippen molar-refractivity contribution in [2.75, 3.05) is 10.6 Å². The van der Waals surface area contributed by atoms with Gasteiger partial charge in [0.2, 0.25) is 0 Å². The quantitative estimate of drug-likeness (QED) is 0.679. The Labute approximate surface area is 143 Å². The number of hydrogen-bond donors (Lipinski definition) is 2. The summed E-state index contributed by atoms with van der Waals surface area (Å²) in [6.07, 6.45) is 1.63. The third-order valence-electron chi connectivity index (χ3n) is 3.31. The largest absolute Gasteiger partial charge is 0.354 e. The molecule has 0 saturated heterocycles. The number of hydrogen-bond acceptors (Lipinski definition) is 5. The minimum atomic E-state index is -0.174. The summed E-state index contributed by atoms with van der Waals surface area (Å²) in [4.78, 5) is 28.2. The molecule has 1 amide bonds. The molecular formula is C18H15N3O2S. The third-order valence-corrected chi connectivity index (χ3v) is 4.18. The molecule has 0 aliphatic carbocycles. The molecule has 5 nitrogen and oxygen atoms in total. The van der Waals surface area contributed by atoms with E-state index in [9.17, 15) is 9.59 Å². The molecule has 0 bridgehead atoms. The van der Waals surface area contributed by atoms with Gasteiger partial charge in [0.1, 0.15) is 5.82 Å². The molecule has 2 heterocycles. The van der Waals surface area contributed by atoms with Crippen molar-refractivity contribution in [2.24, 2.45) is 0 Å².